The Morgan fingerprint density at radius 3 is 2.86 bits per heavy atom. The Morgan fingerprint density at radius 2 is 2.14 bits per heavy atom. The molecule has 0 radical (unpaired) electrons. The largest absolute Gasteiger partial charge is 0.316 e. The van der Waals surface area contributed by atoms with E-state index in [4.69, 9.17) is 0 Å². The summed E-state index contributed by atoms with van der Waals surface area (Å²) in [5.41, 5.74) is 0.988. The maximum Gasteiger partial charge on any atom is 0.231 e. The zero-order valence-corrected chi connectivity index (χ0v) is 13.5. The van der Waals surface area contributed by atoms with Gasteiger partial charge in [-0.25, -0.2) is 0 Å². The van der Waals surface area contributed by atoms with E-state index in [2.05, 4.69) is 10.2 Å². The highest BCUT2D eigenvalue weighted by molar-refractivity contribution is 5.94. The summed E-state index contributed by atoms with van der Waals surface area (Å²) < 4.78 is 0. The highest BCUT2D eigenvalue weighted by atomic mass is 16.2. The molecule has 3 rings (SSSR count). The quantitative estimate of drug-likeness (QED) is 0.923. The van der Waals surface area contributed by atoms with Crippen molar-refractivity contribution in [2.24, 2.45) is 11.8 Å². The van der Waals surface area contributed by atoms with Crippen LogP contribution in [0.5, 0.6) is 0 Å². The summed E-state index contributed by atoms with van der Waals surface area (Å²) in [6.45, 7) is 5.44. The van der Waals surface area contributed by atoms with Gasteiger partial charge < -0.3 is 15.1 Å². The molecule has 120 valence electrons. The normalized spacial score (nSPS) is 26.0. The van der Waals surface area contributed by atoms with Crippen LogP contribution < -0.4 is 10.2 Å². The third-order valence-electron chi connectivity index (χ3n) is 5.01. The molecule has 2 atom stereocenters. The standard InChI is InChI=1S/C18H27N3O/c1-20(17-7-3-2-4-8-17)18(22)16-9-11-21(14-16)13-15-6-5-10-19-12-15/h2-4,7-8,15-16,19H,5-6,9-14H2,1H3. The first kappa shape index (κ1) is 15.5. The van der Waals surface area contributed by atoms with Crippen molar-refractivity contribution < 1.29 is 4.79 Å². The molecule has 1 amide bonds. The van der Waals surface area contributed by atoms with Gasteiger partial charge in [0.25, 0.3) is 0 Å². The molecule has 4 heteroatoms. The Labute approximate surface area is 133 Å². The number of amides is 1. The third kappa shape index (κ3) is 3.68. The third-order valence-corrected chi connectivity index (χ3v) is 5.01. The summed E-state index contributed by atoms with van der Waals surface area (Å²) in [6.07, 6.45) is 3.61. The second-order valence-corrected chi connectivity index (χ2v) is 6.69. The maximum absolute atomic E-state index is 12.7. The zero-order valence-electron chi connectivity index (χ0n) is 13.5. The van der Waals surface area contributed by atoms with E-state index in [0.29, 0.717) is 0 Å². The van der Waals surface area contributed by atoms with Crippen LogP contribution in [-0.2, 0) is 4.79 Å². The van der Waals surface area contributed by atoms with Gasteiger partial charge in [-0.2, -0.15) is 0 Å². The molecular formula is C18H27N3O. The number of para-hydroxylation sites is 1. The van der Waals surface area contributed by atoms with Crippen LogP contribution in [0.4, 0.5) is 5.69 Å². The molecule has 1 N–H and O–H groups in total. The van der Waals surface area contributed by atoms with Crippen molar-refractivity contribution in [2.75, 3.05) is 44.7 Å². The van der Waals surface area contributed by atoms with Gasteiger partial charge in [-0.05, 0) is 56.9 Å². The van der Waals surface area contributed by atoms with Crippen molar-refractivity contribution in [1.82, 2.24) is 10.2 Å². The molecule has 1 aromatic rings. The van der Waals surface area contributed by atoms with E-state index < -0.39 is 0 Å². The fourth-order valence-electron chi connectivity index (χ4n) is 3.70. The molecule has 22 heavy (non-hydrogen) atoms. The van der Waals surface area contributed by atoms with Crippen LogP contribution in [0.15, 0.2) is 30.3 Å². The molecular weight excluding hydrogens is 274 g/mol. The van der Waals surface area contributed by atoms with Crippen molar-refractivity contribution in [3.8, 4) is 0 Å². The molecule has 1 aromatic carbocycles. The highest BCUT2D eigenvalue weighted by Crippen LogP contribution is 2.23. The van der Waals surface area contributed by atoms with Gasteiger partial charge in [0, 0.05) is 25.8 Å². The lowest BCUT2D eigenvalue weighted by Crippen LogP contribution is -2.39. The van der Waals surface area contributed by atoms with Gasteiger partial charge >= 0.3 is 0 Å². The molecule has 2 fully saturated rings. The lowest BCUT2D eigenvalue weighted by atomic mass is 9.99. The topological polar surface area (TPSA) is 35.6 Å². The van der Waals surface area contributed by atoms with Crippen molar-refractivity contribution in [1.29, 1.82) is 0 Å². The molecule has 2 heterocycles. The molecule has 2 aliphatic rings. The van der Waals surface area contributed by atoms with Gasteiger partial charge in [-0.3, -0.25) is 4.79 Å². The van der Waals surface area contributed by atoms with Crippen LogP contribution in [0, 0.1) is 11.8 Å². The number of carbonyl (C=O) groups is 1. The zero-order chi connectivity index (χ0) is 15.4. The molecule has 0 aliphatic carbocycles. The fraction of sp³-hybridized carbons (Fsp3) is 0.611. The summed E-state index contributed by atoms with van der Waals surface area (Å²) in [4.78, 5) is 17.0. The first-order valence-electron chi connectivity index (χ1n) is 8.49. The van der Waals surface area contributed by atoms with Crippen LogP contribution in [0.3, 0.4) is 0 Å². The van der Waals surface area contributed by atoms with Crippen LogP contribution in [0.1, 0.15) is 19.3 Å². The number of rotatable bonds is 4. The Hall–Kier alpha value is -1.39. The van der Waals surface area contributed by atoms with Gasteiger partial charge in [0.2, 0.25) is 5.91 Å². The summed E-state index contributed by atoms with van der Waals surface area (Å²) in [5, 5.41) is 3.48. The van der Waals surface area contributed by atoms with E-state index in [1.807, 2.05) is 42.3 Å². The monoisotopic (exact) mass is 301 g/mol. The second kappa shape index (κ2) is 7.25. The average molecular weight is 301 g/mol. The minimum absolute atomic E-state index is 0.154. The molecule has 0 spiro atoms. The lowest BCUT2D eigenvalue weighted by molar-refractivity contribution is -0.121. The molecule has 2 saturated heterocycles. The molecule has 2 unspecified atom stereocenters. The van der Waals surface area contributed by atoms with Crippen LogP contribution in [0.25, 0.3) is 0 Å². The summed E-state index contributed by atoms with van der Waals surface area (Å²) in [7, 11) is 1.89. The fourth-order valence-corrected chi connectivity index (χ4v) is 3.70. The number of anilines is 1. The van der Waals surface area contributed by atoms with Crippen molar-refractivity contribution >= 4 is 11.6 Å². The van der Waals surface area contributed by atoms with E-state index in [0.717, 1.165) is 44.2 Å². The van der Waals surface area contributed by atoms with Crippen LogP contribution in [-0.4, -0.2) is 50.6 Å². The molecule has 0 saturated carbocycles. The van der Waals surface area contributed by atoms with E-state index in [9.17, 15) is 4.79 Å². The number of benzene rings is 1. The van der Waals surface area contributed by atoms with Gasteiger partial charge in [-0.1, -0.05) is 18.2 Å². The Balaban J connectivity index is 1.52. The summed E-state index contributed by atoms with van der Waals surface area (Å²) in [5.74, 6) is 1.17. The van der Waals surface area contributed by atoms with Crippen LogP contribution in [0.2, 0.25) is 0 Å². The number of hydrogen-bond donors (Lipinski definition) is 1. The van der Waals surface area contributed by atoms with Crippen molar-refractivity contribution in [3.63, 3.8) is 0 Å². The Kier molecular flexibility index (Phi) is 5.11. The first-order valence-corrected chi connectivity index (χ1v) is 8.49. The maximum atomic E-state index is 12.7. The SMILES string of the molecule is CN(C(=O)C1CCN(CC2CCCNC2)C1)c1ccccc1. The van der Waals surface area contributed by atoms with Gasteiger partial charge in [0.15, 0.2) is 0 Å². The Morgan fingerprint density at radius 1 is 1.32 bits per heavy atom. The molecule has 0 bridgehead atoms. The van der Waals surface area contributed by atoms with E-state index in [-0.39, 0.29) is 11.8 Å². The number of nitrogens with one attached hydrogen (secondary N) is 1. The number of nitrogens with zero attached hydrogens (tertiary/aromatic N) is 2. The minimum atomic E-state index is 0.154. The first-order chi connectivity index (χ1) is 10.7. The van der Waals surface area contributed by atoms with E-state index >= 15 is 0 Å². The predicted molar refractivity (Wildman–Crippen MR) is 90.0 cm³/mol. The highest BCUT2D eigenvalue weighted by Gasteiger charge is 2.31. The van der Waals surface area contributed by atoms with Gasteiger partial charge in [-0.15, -0.1) is 0 Å². The van der Waals surface area contributed by atoms with E-state index in [1.165, 1.54) is 19.4 Å². The molecule has 4 nitrogen and oxygen atoms in total. The Bertz CT molecular complexity index is 484. The summed E-state index contributed by atoms with van der Waals surface area (Å²) >= 11 is 0. The van der Waals surface area contributed by atoms with Gasteiger partial charge in [0.05, 0.1) is 5.92 Å². The van der Waals surface area contributed by atoms with Crippen molar-refractivity contribution in [3.05, 3.63) is 30.3 Å². The minimum Gasteiger partial charge on any atom is -0.316 e. The molecule has 2 aliphatic heterocycles. The summed E-state index contributed by atoms with van der Waals surface area (Å²) in [6, 6.07) is 9.94. The van der Waals surface area contributed by atoms with Crippen molar-refractivity contribution in [2.45, 2.75) is 19.3 Å². The molecule has 0 aromatic heterocycles. The van der Waals surface area contributed by atoms with Crippen LogP contribution >= 0.6 is 0 Å². The number of carbonyl (C=O) groups excluding carboxylic acids is 1. The van der Waals surface area contributed by atoms with Gasteiger partial charge in [0.1, 0.15) is 0 Å². The smallest absolute Gasteiger partial charge is 0.231 e. The predicted octanol–water partition coefficient (Wildman–Crippen LogP) is 1.97. The number of hydrogen-bond acceptors (Lipinski definition) is 3. The number of likely N-dealkylation sites (tertiary alicyclic amines) is 1. The average Bonchev–Trinajstić information content (AvgIpc) is 3.04. The van der Waals surface area contributed by atoms with E-state index in [1.54, 1.807) is 0 Å². The lowest BCUT2D eigenvalue weighted by Gasteiger charge is -2.27. The second-order valence-electron chi connectivity index (χ2n) is 6.69. The number of piperidine rings is 1.